The molecule has 5 nitrogen and oxygen atoms in total. The summed E-state index contributed by atoms with van der Waals surface area (Å²) in [5, 5.41) is 2.72. The Labute approximate surface area is 163 Å². The van der Waals surface area contributed by atoms with Gasteiger partial charge in [-0.25, -0.2) is 0 Å². The van der Waals surface area contributed by atoms with Crippen molar-refractivity contribution in [2.24, 2.45) is 0 Å². The van der Waals surface area contributed by atoms with E-state index < -0.39 is 11.9 Å². The fourth-order valence-corrected chi connectivity index (χ4v) is 2.57. The van der Waals surface area contributed by atoms with E-state index >= 15 is 0 Å². The maximum atomic E-state index is 12.2. The van der Waals surface area contributed by atoms with E-state index in [0.29, 0.717) is 23.6 Å². The largest absolute Gasteiger partial charge is 0.456 e. The first kappa shape index (κ1) is 19.2. The fraction of sp³-hybridized carbons (Fsp3) is 0.130. The molecule has 0 fully saturated rings. The second-order valence-corrected chi connectivity index (χ2v) is 6.11. The zero-order valence-corrected chi connectivity index (χ0v) is 15.3. The second-order valence-electron chi connectivity index (χ2n) is 6.11. The summed E-state index contributed by atoms with van der Waals surface area (Å²) in [6.07, 6.45) is 0.806. The van der Waals surface area contributed by atoms with Crippen LogP contribution in [0.4, 0.5) is 5.69 Å². The number of nitrogens with one attached hydrogen (secondary N) is 1. The van der Waals surface area contributed by atoms with Crippen molar-refractivity contribution in [3.63, 3.8) is 0 Å². The minimum atomic E-state index is -0.419. The molecule has 0 aliphatic rings. The normalized spacial score (nSPS) is 10.1. The zero-order chi connectivity index (χ0) is 19.6. The van der Waals surface area contributed by atoms with Gasteiger partial charge in [-0.3, -0.25) is 9.59 Å². The van der Waals surface area contributed by atoms with Crippen LogP contribution in [0.3, 0.4) is 0 Å². The molecule has 3 aromatic rings. The lowest BCUT2D eigenvalue weighted by molar-refractivity contribution is -0.147. The molecule has 0 saturated heterocycles. The molecule has 0 aromatic heterocycles. The lowest BCUT2D eigenvalue weighted by atomic mass is 10.1. The van der Waals surface area contributed by atoms with Gasteiger partial charge in [-0.2, -0.15) is 0 Å². The van der Waals surface area contributed by atoms with Crippen LogP contribution < -0.4 is 10.1 Å². The highest BCUT2D eigenvalue weighted by Crippen LogP contribution is 2.28. The quantitative estimate of drug-likeness (QED) is 0.585. The summed E-state index contributed by atoms with van der Waals surface area (Å²) in [5.41, 5.74) is 1.56. The Balaban J connectivity index is 1.49. The Morgan fingerprint density at radius 2 is 1.43 bits per heavy atom. The van der Waals surface area contributed by atoms with Crippen LogP contribution in [0, 0.1) is 0 Å². The van der Waals surface area contributed by atoms with Gasteiger partial charge in [-0.1, -0.05) is 60.7 Å². The average Bonchev–Trinajstić information content (AvgIpc) is 2.74. The van der Waals surface area contributed by atoms with Crippen molar-refractivity contribution in [3.8, 4) is 11.5 Å². The van der Waals surface area contributed by atoms with Crippen molar-refractivity contribution < 1.29 is 19.1 Å². The SMILES string of the molecule is O=C(COC(=O)CCc1ccccc1)Nc1ccccc1Oc1ccccc1. The van der Waals surface area contributed by atoms with Gasteiger partial charge in [-0.15, -0.1) is 0 Å². The summed E-state index contributed by atoms with van der Waals surface area (Å²) in [6.45, 7) is -0.340. The van der Waals surface area contributed by atoms with E-state index in [1.54, 1.807) is 18.2 Å². The van der Waals surface area contributed by atoms with Crippen molar-refractivity contribution in [1.29, 1.82) is 0 Å². The number of carbonyl (C=O) groups excluding carboxylic acids is 2. The number of anilines is 1. The topological polar surface area (TPSA) is 64.6 Å². The summed E-state index contributed by atoms with van der Waals surface area (Å²) in [7, 11) is 0. The first-order chi connectivity index (χ1) is 13.7. The van der Waals surface area contributed by atoms with Crippen LogP contribution in [-0.2, 0) is 20.7 Å². The number of esters is 1. The van der Waals surface area contributed by atoms with E-state index in [9.17, 15) is 9.59 Å². The maximum absolute atomic E-state index is 12.2. The Kier molecular flexibility index (Phi) is 6.79. The highest BCUT2D eigenvalue weighted by Gasteiger charge is 2.11. The van der Waals surface area contributed by atoms with Crippen LogP contribution in [-0.4, -0.2) is 18.5 Å². The zero-order valence-electron chi connectivity index (χ0n) is 15.3. The molecule has 0 spiro atoms. The summed E-state index contributed by atoms with van der Waals surface area (Å²) >= 11 is 0. The summed E-state index contributed by atoms with van der Waals surface area (Å²) in [5.74, 6) is 0.346. The molecule has 0 saturated carbocycles. The second kappa shape index (κ2) is 9.92. The first-order valence-corrected chi connectivity index (χ1v) is 9.02. The first-order valence-electron chi connectivity index (χ1n) is 9.02. The molecule has 0 aliphatic carbocycles. The van der Waals surface area contributed by atoms with Gasteiger partial charge in [0.15, 0.2) is 12.4 Å². The number of rotatable bonds is 8. The maximum Gasteiger partial charge on any atom is 0.306 e. The summed E-state index contributed by atoms with van der Waals surface area (Å²) in [4.78, 5) is 24.0. The van der Waals surface area contributed by atoms with E-state index in [0.717, 1.165) is 5.56 Å². The van der Waals surface area contributed by atoms with E-state index in [2.05, 4.69) is 5.32 Å². The van der Waals surface area contributed by atoms with Gasteiger partial charge in [0, 0.05) is 6.42 Å². The summed E-state index contributed by atoms with van der Waals surface area (Å²) < 4.78 is 10.9. The van der Waals surface area contributed by atoms with E-state index in [4.69, 9.17) is 9.47 Å². The molecule has 0 unspecified atom stereocenters. The number of hydrogen-bond donors (Lipinski definition) is 1. The van der Waals surface area contributed by atoms with E-state index in [1.807, 2.05) is 66.7 Å². The van der Waals surface area contributed by atoms with Gasteiger partial charge in [0.1, 0.15) is 5.75 Å². The smallest absolute Gasteiger partial charge is 0.306 e. The Bertz CT molecular complexity index is 910. The predicted octanol–water partition coefficient (Wildman–Crippen LogP) is 4.59. The van der Waals surface area contributed by atoms with Crippen molar-refractivity contribution in [2.75, 3.05) is 11.9 Å². The molecule has 5 heteroatoms. The third kappa shape index (κ3) is 5.99. The van der Waals surface area contributed by atoms with Crippen LogP contribution in [0.5, 0.6) is 11.5 Å². The number of benzene rings is 3. The molecule has 3 aromatic carbocycles. The molecule has 0 atom stereocenters. The molecular weight excluding hydrogens is 354 g/mol. The fourth-order valence-electron chi connectivity index (χ4n) is 2.57. The van der Waals surface area contributed by atoms with Crippen molar-refractivity contribution >= 4 is 17.6 Å². The van der Waals surface area contributed by atoms with E-state index in [1.165, 1.54) is 0 Å². The molecule has 1 N–H and O–H groups in total. The third-order valence-corrected chi connectivity index (χ3v) is 3.96. The molecule has 0 bridgehead atoms. The van der Waals surface area contributed by atoms with E-state index in [-0.39, 0.29) is 13.0 Å². The molecular formula is C23H21NO4. The van der Waals surface area contributed by atoms with Crippen LogP contribution in [0.15, 0.2) is 84.9 Å². The average molecular weight is 375 g/mol. The highest BCUT2D eigenvalue weighted by atomic mass is 16.5. The lowest BCUT2D eigenvalue weighted by Gasteiger charge is -2.12. The molecule has 0 radical (unpaired) electrons. The Morgan fingerprint density at radius 1 is 0.786 bits per heavy atom. The van der Waals surface area contributed by atoms with Crippen LogP contribution in [0.1, 0.15) is 12.0 Å². The van der Waals surface area contributed by atoms with Crippen molar-refractivity contribution in [3.05, 3.63) is 90.5 Å². The van der Waals surface area contributed by atoms with Gasteiger partial charge in [0.05, 0.1) is 5.69 Å². The number of amides is 1. The van der Waals surface area contributed by atoms with Crippen LogP contribution >= 0.6 is 0 Å². The minimum absolute atomic E-state index is 0.227. The molecule has 28 heavy (non-hydrogen) atoms. The van der Waals surface area contributed by atoms with Crippen molar-refractivity contribution in [1.82, 2.24) is 0 Å². The number of aryl methyl sites for hydroxylation is 1. The number of carbonyl (C=O) groups is 2. The van der Waals surface area contributed by atoms with Crippen molar-refractivity contribution in [2.45, 2.75) is 12.8 Å². The van der Waals surface area contributed by atoms with Gasteiger partial charge >= 0.3 is 5.97 Å². The Morgan fingerprint density at radius 3 is 2.18 bits per heavy atom. The van der Waals surface area contributed by atoms with Gasteiger partial charge in [0.25, 0.3) is 5.91 Å². The number of hydrogen-bond acceptors (Lipinski definition) is 4. The van der Waals surface area contributed by atoms with Crippen LogP contribution in [0.2, 0.25) is 0 Å². The third-order valence-electron chi connectivity index (χ3n) is 3.96. The molecule has 1 amide bonds. The molecule has 142 valence electrons. The van der Waals surface area contributed by atoms with Gasteiger partial charge in [-0.05, 0) is 36.2 Å². The monoisotopic (exact) mass is 375 g/mol. The molecule has 0 heterocycles. The van der Waals surface area contributed by atoms with Gasteiger partial charge in [0.2, 0.25) is 0 Å². The lowest BCUT2D eigenvalue weighted by Crippen LogP contribution is -2.21. The Hall–Kier alpha value is -3.60. The highest BCUT2D eigenvalue weighted by molar-refractivity contribution is 5.94. The number of para-hydroxylation sites is 3. The van der Waals surface area contributed by atoms with Crippen LogP contribution in [0.25, 0.3) is 0 Å². The minimum Gasteiger partial charge on any atom is -0.456 e. The van der Waals surface area contributed by atoms with Gasteiger partial charge < -0.3 is 14.8 Å². The summed E-state index contributed by atoms with van der Waals surface area (Å²) in [6, 6.07) is 26.0. The predicted molar refractivity (Wildman–Crippen MR) is 107 cm³/mol. The standard InChI is InChI=1S/C23H21NO4/c25-22(17-27-23(26)16-15-18-9-3-1-4-10-18)24-20-13-7-8-14-21(20)28-19-11-5-2-6-12-19/h1-14H,15-17H2,(H,24,25). The molecule has 0 aliphatic heterocycles. The number of ether oxygens (including phenoxy) is 2. The molecule has 3 rings (SSSR count).